The number of benzene rings is 3. The van der Waals surface area contributed by atoms with E-state index in [0.717, 1.165) is 23.3 Å². The summed E-state index contributed by atoms with van der Waals surface area (Å²) in [7, 11) is 1.28. The van der Waals surface area contributed by atoms with Crippen LogP contribution in [0.3, 0.4) is 0 Å². The molecule has 4 aromatic rings. The first kappa shape index (κ1) is 24.0. The van der Waals surface area contributed by atoms with Crippen LogP contribution in [-0.4, -0.2) is 29.5 Å². The van der Waals surface area contributed by atoms with Gasteiger partial charge in [0.05, 0.1) is 19.4 Å². The van der Waals surface area contributed by atoms with Crippen molar-refractivity contribution in [3.05, 3.63) is 106 Å². The highest BCUT2D eigenvalue weighted by Crippen LogP contribution is 2.32. The second-order valence-electron chi connectivity index (χ2n) is 8.22. The number of carbonyl (C=O) groups excluding carboxylic acids is 1. The van der Waals surface area contributed by atoms with Gasteiger partial charge in [0, 0.05) is 17.7 Å². The predicted octanol–water partition coefficient (Wildman–Crippen LogP) is 5.53. The normalized spacial score (nSPS) is 10.7. The minimum atomic E-state index is -0.676. The number of unbranched alkanes of at least 4 members (excludes halogenated alkanes) is 1. The zero-order valence-electron chi connectivity index (χ0n) is 19.9. The van der Waals surface area contributed by atoms with Crippen LogP contribution in [-0.2, 0) is 11.3 Å². The molecule has 0 radical (unpaired) electrons. The third-order valence-corrected chi connectivity index (χ3v) is 5.71. The third-order valence-electron chi connectivity index (χ3n) is 5.71. The molecule has 0 aliphatic rings. The summed E-state index contributed by atoms with van der Waals surface area (Å²) in [6.45, 7) is 2.91. The third kappa shape index (κ3) is 5.66. The van der Waals surface area contributed by atoms with Crippen LogP contribution in [0, 0.1) is 6.92 Å². The monoisotopic (exact) mass is 468 g/mol. The molecular formula is C29H28N2O4. The molecule has 0 bridgehead atoms. The summed E-state index contributed by atoms with van der Waals surface area (Å²) in [5, 5.41) is 4.72. The highest BCUT2D eigenvalue weighted by atomic mass is 16.5. The Labute approximate surface area is 204 Å². The summed E-state index contributed by atoms with van der Waals surface area (Å²) < 4.78 is 12.2. The van der Waals surface area contributed by atoms with Crippen LogP contribution in [0.5, 0.6) is 5.75 Å². The van der Waals surface area contributed by atoms with Crippen molar-refractivity contribution in [2.24, 2.45) is 0 Å². The van der Waals surface area contributed by atoms with Crippen molar-refractivity contribution in [2.75, 3.05) is 13.7 Å². The number of aromatic nitrogens is 2. The lowest BCUT2D eigenvalue weighted by Gasteiger charge is -2.16. The summed E-state index contributed by atoms with van der Waals surface area (Å²) >= 11 is 0. The van der Waals surface area contributed by atoms with Gasteiger partial charge in [0.15, 0.2) is 0 Å². The quantitative estimate of drug-likeness (QED) is 0.239. The van der Waals surface area contributed by atoms with E-state index in [4.69, 9.17) is 14.6 Å². The summed E-state index contributed by atoms with van der Waals surface area (Å²) in [4.78, 5) is 26.3. The average molecular weight is 469 g/mol. The van der Waals surface area contributed by atoms with Gasteiger partial charge in [-0.15, -0.1) is 0 Å². The fourth-order valence-electron chi connectivity index (χ4n) is 3.89. The highest BCUT2D eigenvalue weighted by molar-refractivity contribution is 6.00. The molecular weight excluding hydrogens is 440 g/mol. The molecule has 178 valence electrons. The van der Waals surface area contributed by atoms with Crippen LogP contribution < -0.4 is 10.3 Å². The van der Waals surface area contributed by atoms with Gasteiger partial charge in [-0.1, -0.05) is 78.4 Å². The summed E-state index contributed by atoms with van der Waals surface area (Å²) in [6, 6.07) is 26.8. The van der Waals surface area contributed by atoms with Crippen molar-refractivity contribution in [2.45, 2.75) is 26.3 Å². The van der Waals surface area contributed by atoms with Crippen LogP contribution in [0.25, 0.3) is 22.4 Å². The molecule has 0 atom stereocenters. The summed E-state index contributed by atoms with van der Waals surface area (Å²) in [5.41, 5.74) is 3.29. The molecule has 0 amide bonds. The molecule has 1 heterocycles. The molecule has 35 heavy (non-hydrogen) atoms. The molecule has 4 rings (SSSR count). The second-order valence-corrected chi connectivity index (χ2v) is 8.22. The molecule has 1 aromatic heterocycles. The van der Waals surface area contributed by atoms with E-state index in [-0.39, 0.29) is 5.56 Å². The number of ether oxygens (including phenoxy) is 2. The maximum absolute atomic E-state index is 13.4. The van der Waals surface area contributed by atoms with E-state index in [2.05, 4.69) is 0 Å². The Balaban J connectivity index is 1.65. The molecule has 0 aliphatic carbocycles. The van der Waals surface area contributed by atoms with E-state index >= 15 is 0 Å². The van der Waals surface area contributed by atoms with Crippen LogP contribution >= 0.6 is 0 Å². The predicted molar refractivity (Wildman–Crippen MR) is 137 cm³/mol. The van der Waals surface area contributed by atoms with Crippen LogP contribution in [0.15, 0.2) is 89.7 Å². The number of aryl methyl sites for hydroxylation is 2. The van der Waals surface area contributed by atoms with Crippen LogP contribution in [0.4, 0.5) is 0 Å². The van der Waals surface area contributed by atoms with Gasteiger partial charge in [0.1, 0.15) is 11.3 Å². The minimum absolute atomic E-state index is 0.0107. The molecule has 3 aromatic carbocycles. The second kappa shape index (κ2) is 11.3. The van der Waals surface area contributed by atoms with Crippen LogP contribution in [0.2, 0.25) is 0 Å². The number of carbonyl (C=O) groups is 1. The maximum Gasteiger partial charge on any atom is 0.344 e. The first-order valence-electron chi connectivity index (χ1n) is 11.6. The SMILES string of the molecule is COC(=O)c1c(-c2ccccc2)c(-c2ccccc2)nn(CCCCOc2ccc(C)cc2)c1=O. The number of hydrogen-bond donors (Lipinski definition) is 0. The van der Waals surface area contributed by atoms with Crippen molar-refractivity contribution in [3.8, 4) is 28.1 Å². The summed E-state index contributed by atoms with van der Waals surface area (Å²) in [5.74, 6) is 0.141. The largest absolute Gasteiger partial charge is 0.494 e. The first-order chi connectivity index (χ1) is 17.1. The van der Waals surface area contributed by atoms with Gasteiger partial charge in [-0.2, -0.15) is 5.10 Å². The van der Waals surface area contributed by atoms with Crippen molar-refractivity contribution in [1.29, 1.82) is 0 Å². The smallest absolute Gasteiger partial charge is 0.344 e. The van der Waals surface area contributed by atoms with Gasteiger partial charge in [-0.25, -0.2) is 9.48 Å². The Morgan fingerprint density at radius 1 is 0.857 bits per heavy atom. The lowest BCUT2D eigenvalue weighted by molar-refractivity contribution is 0.0598. The fraction of sp³-hybridized carbons (Fsp3) is 0.207. The van der Waals surface area contributed by atoms with Gasteiger partial charge in [0.2, 0.25) is 0 Å². The Kier molecular flexibility index (Phi) is 7.73. The molecule has 6 nitrogen and oxygen atoms in total. The highest BCUT2D eigenvalue weighted by Gasteiger charge is 2.25. The molecule has 0 spiro atoms. The Hall–Kier alpha value is -4.19. The van der Waals surface area contributed by atoms with Gasteiger partial charge >= 0.3 is 5.97 Å². The Bertz CT molecular complexity index is 1330. The number of rotatable bonds is 9. The van der Waals surface area contributed by atoms with Crippen molar-refractivity contribution >= 4 is 5.97 Å². The minimum Gasteiger partial charge on any atom is -0.494 e. The molecule has 6 heteroatoms. The van der Waals surface area contributed by atoms with Gasteiger partial charge < -0.3 is 9.47 Å². The van der Waals surface area contributed by atoms with E-state index in [9.17, 15) is 9.59 Å². The molecule has 0 fully saturated rings. The van der Waals surface area contributed by atoms with E-state index in [1.807, 2.05) is 91.9 Å². The van der Waals surface area contributed by atoms with Crippen LogP contribution in [0.1, 0.15) is 28.8 Å². The molecule has 0 N–H and O–H groups in total. The summed E-state index contributed by atoms with van der Waals surface area (Å²) in [6.07, 6.45) is 1.40. The maximum atomic E-state index is 13.4. The number of esters is 1. The van der Waals surface area contributed by atoms with E-state index in [1.165, 1.54) is 17.4 Å². The van der Waals surface area contributed by atoms with E-state index < -0.39 is 11.5 Å². The molecule has 0 aliphatic heterocycles. The van der Waals surface area contributed by atoms with E-state index in [0.29, 0.717) is 30.8 Å². The Morgan fingerprint density at radius 2 is 1.49 bits per heavy atom. The lowest BCUT2D eigenvalue weighted by atomic mass is 9.95. The van der Waals surface area contributed by atoms with Crippen molar-refractivity contribution in [3.63, 3.8) is 0 Å². The first-order valence-corrected chi connectivity index (χ1v) is 11.6. The zero-order valence-corrected chi connectivity index (χ0v) is 19.9. The molecule has 0 saturated heterocycles. The van der Waals surface area contributed by atoms with Crippen molar-refractivity contribution < 1.29 is 14.3 Å². The molecule has 0 unspecified atom stereocenters. The van der Waals surface area contributed by atoms with Crippen molar-refractivity contribution in [1.82, 2.24) is 9.78 Å². The topological polar surface area (TPSA) is 70.4 Å². The standard InChI is InChI=1S/C29H28N2O4/c1-21-15-17-24(18-16-21)35-20-10-9-19-31-28(32)26(29(33)34-2)25(22-11-5-3-6-12-22)27(30-31)23-13-7-4-8-14-23/h3-8,11-18H,9-10,19-20H2,1-2H3. The Morgan fingerprint density at radius 3 is 2.11 bits per heavy atom. The fourth-order valence-corrected chi connectivity index (χ4v) is 3.89. The van der Waals surface area contributed by atoms with Gasteiger partial charge in [-0.3, -0.25) is 4.79 Å². The number of hydrogen-bond acceptors (Lipinski definition) is 5. The lowest BCUT2D eigenvalue weighted by Crippen LogP contribution is -2.31. The van der Waals surface area contributed by atoms with Gasteiger partial charge in [-0.05, 0) is 37.5 Å². The zero-order chi connectivity index (χ0) is 24.6. The van der Waals surface area contributed by atoms with E-state index in [1.54, 1.807) is 0 Å². The number of nitrogens with zero attached hydrogens (tertiary/aromatic N) is 2. The average Bonchev–Trinajstić information content (AvgIpc) is 2.90. The number of methoxy groups -OCH3 is 1. The van der Waals surface area contributed by atoms with Gasteiger partial charge in [0.25, 0.3) is 5.56 Å². The molecule has 0 saturated carbocycles.